The maximum atomic E-state index is 13.4. The van der Waals surface area contributed by atoms with Gasteiger partial charge in [0.2, 0.25) is 0 Å². The Morgan fingerprint density at radius 2 is 1.72 bits per heavy atom. The summed E-state index contributed by atoms with van der Waals surface area (Å²) in [5.41, 5.74) is 3.71. The number of benzene rings is 2. The zero-order valence-corrected chi connectivity index (χ0v) is 19.5. The zero-order chi connectivity index (χ0) is 22.7. The number of methoxy groups -OCH3 is 3. The van der Waals surface area contributed by atoms with Crippen LogP contribution in [0.25, 0.3) is 16.8 Å². The predicted octanol–water partition coefficient (Wildman–Crippen LogP) is 5.07. The van der Waals surface area contributed by atoms with E-state index in [0.29, 0.717) is 41.6 Å². The van der Waals surface area contributed by atoms with Gasteiger partial charge < -0.3 is 19.1 Å². The summed E-state index contributed by atoms with van der Waals surface area (Å²) in [6.07, 6.45) is 2.77. The Kier molecular flexibility index (Phi) is 6.46. The number of nitrogens with zero attached hydrogens (tertiary/aromatic N) is 2. The van der Waals surface area contributed by atoms with Gasteiger partial charge in [-0.1, -0.05) is 36.4 Å². The maximum absolute atomic E-state index is 13.4. The summed E-state index contributed by atoms with van der Waals surface area (Å²) in [6.45, 7) is 3.05. The van der Waals surface area contributed by atoms with Gasteiger partial charge in [0.05, 0.1) is 37.6 Å². The van der Waals surface area contributed by atoms with Crippen molar-refractivity contribution >= 4 is 22.8 Å². The third-order valence-electron chi connectivity index (χ3n) is 5.51. The van der Waals surface area contributed by atoms with E-state index >= 15 is 0 Å². The van der Waals surface area contributed by atoms with Crippen LogP contribution < -0.4 is 14.2 Å². The van der Waals surface area contributed by atoms with Gasteiger partial charge in [0.1, 0.15) is 22.1 Å². The van der Waals surface area contributed by atoms with Gasteiger partial charge in [-0.2, -0.15) is 0 Å². The van der Waals surface area contributed by atoms with Gasteiger partial charge in [0, 0.05) is 30.8 Å². The van der Waals surface area contributed by atoms with Gasteiger partial charge in [-0.05, 0) is 18.9 Å². The second-order valence-corrected chi connectivity index (χ2v) is 8.62. The Labute approximate surface area is 192 Å². The lowest BCUT2D eigenvalue weighted by molar-refractivity contribution is 0.0778. The minimum absolute atomic E-state index is 0.0124. The first-order valence-corrected chi connectivity index (χ1v) is 11.2. The van der Waals surface area contributed by atoms with Crippen LogP contribution in [0, 0.1) is 6.92 Å². The molecule has 3 aromatic rings. The molecule has 166 valence electrons. The molecule has 0 N–H and O–H groups in total. The lowest BCUT2D eigenvalue weighted by Gasteiger charge is -2.28. The van der Waals surface area contributed by atoms with Crippen molar-refractivity contribution in [2.24, 2.45) is 0 Å². The average Bonchev–Trinajstić information content (AvgIpc) is 3.24. The molecule has 7 heteroatoms. The highest BCUT2D eigenvalue weighted by molar-refractivity contribution is 7.14. The molecule has 0 atom stereocenters. The SMILES string of the molecule is COc1cc(OC)c(C2=CCN(C(=O)c3sc(C)nc3-c3ccccc3)CC2)c(OC)c1. The maximum Gasteiger partial charge on any atom is 0.266 e. The largest absolute Gasteiger partial charge is 0.496 e. The van der Waals surface area contributed by atoms with E-state index in [2.05, 4.69) is 11.1 Å². The van der Waals surface area contributed by atoms with E-state index < -0.39 is 0 Å². The van der Waals surface area contributed by atoms with E-state index in [-0.39, 0.29) is 5.91 Å². The topological polar surface area (TPSA) is 60.9 Å². The van der Waals surface area contributed by atoms with Crippen molar-refractivity contribution in [1.29, 1.82) is 0 Å². The number of rotatable bonds is 6. The Balaban J connectivity index is 1.61. The zero-order valence-electron chi connectivity index (χ0n) is 18.7. The van der Waals surface area contributed by atoms with E-state index in [1.165, 1.54) is 11.3 Å². The van der Waals surface area contributed by atoms with Crippen LogP contribution in [-0.2, 0) is 0 Å². The van der Waals surface area contributed by atoms with Gasteiger partial charge in [0.25, 0.3) is 5.91 Å². The van der Waals surface area contributed by atoms with Crippen LogP contribution in [0.15, 0.2) is 48.5 Å². The van der Waals surface area contributed by atoms with Crippen LogP contribution in [0.1, 0.15) is 26.7 Å². The summed E-state index contributed by atoms with van der Waals surface area (Å²) in [6, 6.07) is 13.6. The molecule has 32 heavy (non-hydrogen) atoms. The summed E-state index contributed by atoms with van der Waals surface area (Å²) in [4.78, 5) is 20.6. The molecule has 0 bridgehead atoms. The minimum Gasteiger partial charge on any atom is -0.496 e. The summed E-state index contributed by atoms with van der Waals surface area (Å²) in [5, 5.41) is 0.883. The number of carbonyl (C=O) groups is 1. The number of carbonyl (C=O) groups excluding carboxylic acids is 1. The molecule has 0 spiro atoms. The Morgan fingerprint density at radius 3 is 2.28 bits per heavy atom. The highest BCUT2D eigenvalue weighted by Gasteiger charge is 2.27. The first kappa shape index (κ1) is 21.9. The van der Waals surface area contributed by atoms with Crippen LogP contribution in [0.3, 0.4) is 0 Å². The quantitative estimate of drug-likeness (QED) is 0.525. The molecule has 0 aliphatic carbocycles. The Morgan fingerprint density at radius 1 is 1.03 bits per heavy atom. The van der Waals surface area contributed by atoms with Crippen LogP contribution in [0.4, 0.5) is 0 Å². The van der Waals surface area contributed by atoms with Crippen LogP contribution in [0.2, 0.25) is 0 Å². The van der Waals surface area contributed by atoms with E-state index in [9.17, 15) is 4.79 Å². The molecule has 0 saturated carbocycles. The molecular formula is C25H26N2O4S. The molecule has 4 rings (SSSR count). The number of aryl methyl sites for hydroxylation is 1. The van der Waals surface area contributed by atoms with Crippen molar-refractivity contribution in [3.05, 3.63) is 64.0 Å². The molecule has 1 aliphatic rings. The lowest BCUT2D eigenvalue weighted by Crippen LogP contribution is -2.34. The van der Waals surface area contributed by atoms with Crippen molar-refractivity contribution < 1.29 is 19.0 Å². The van der Waals surface area contributed by atoms with Gasteiger partial charge in [-0.3, -0.25) is 4.79 Å². The van der Waals surface area contributed by atoms with Gasteiger partial charge in [-0.25, -0.2) is 4.98 Å². The third kappa shape index (κ3) is 4.21. The van der Waals surface area contributed by atoms with Gasteiger partial charge in [-0.15, -0.1) is 11.3 Å². The molecule has 2 aromatic carbocycles. The Bertz CT molecular complexity index is 1130. The van der Waals surface area contributed by atoms with Crippen LogP contribution >= 0.6 is 11.3 Å². The molecule has 0 unspecified atom stereocenters. The standard InChI is InChI=1S/C25H26N2O4S/c1-16-26-23(18-8-6-5-7-9-18)24(32-16)25(28)27-12-10-17(11-13-27)22-20(30-3)14-19(29-2)15-21(22)31-4/h5-10,14-15H,11-13H2,1-4H3. The number of hydrogen-bond donors (Lipinski definition) is 0. The molecule has 0 radical (unpaired) electrons. The van der Waals surface area contributed by atoms with E-state index in [4.69, 9.17) is 14.2 Å². The van der Waals surface area contributed by atoms with Crippen molar-refractivity contribution in [1.82, 2.24) is 9.88 Å². The van der Waals surface area contributed by atoms with E-state index in [1.54, 1.807) is 21.3 Å². The minimum atomic E-state index is 0.0124. The van der Waals surface area contributed by atoms with Crippen molar-refractivity contribution in [3.8, 4) is 28.5 Å². The average molecular weight is 451 g/mol. The fourth-order valence-electron chi connectivity index (χ4n) is 3.91. The first-order valence-electron chi connectivity index (χ1n) is 10.4. The Hall–Kier alpha value is -3.32. The highest BCUT2D eigenvalue weighted by Crippen LogP contribution is 2.41. The fourth-order valence-corrected chi connectivity index (χ4v) is 4.82. The number of amides is 1. The van der Waals surface area contributed by atoms with Gasteiger partial charge in [0.15, 0.2) is 0 Å². The van der Waals surface area contributed by atoms with E-state index in [1.807, 2.05) is 54.3 Å². The van der Waals surface area contributed by atoms with Crippen LogP contribution in [-0.4, -0.2) is 50.2 Å². The molecule has 6 nitrogen and oxygen atoms in total. The molecule has 1 aromatic heterocycles. The molecule has 1 amide bonds. The van der Waals surface area contributed by atoms with Crippen molar-refractivity contribution in [2.75, 3.05) is 34.4 Å². The molecule has 2 heterocycles. The van der Waals surface area contributed by atoms with Crippen LogP contribution in [0.5, 0.6) is 17.2 Å². The highest BCUT2D eigenvalue weighted by atomic mass is 32.1. The molecule has 1 aliphatic heterocycles. The fraction of sp³-hybridized carbons (Fsp3) is 0.280. The second-order valence-electron chi connectivity index (χ2n) is 7.41. The number of aromatic nitrogens is 1. The van der Waals surface area contributed by atoms with Crippen molar-refractivity contribution in [2.45, 2.75) is 13.3 Å². The normalized spacial score (nSPS) is 13.5. The monoisotopic (exact) mass is 450 g/mol. The lowest BCUT2D eigenvalue weighted by atomic mass is 9.97. The second kappa shape index (κ2) is 9.44. The molecule has 0 saturated heterocycles. The number of thiazole rings is 1. The summed E-state index contributed by atoms with van der Waals surface area (Å²) < 4.78 is 16.6. The first-order chi connectivity index (χ1) is 15.5. The number of hydrogen-bond acceptors (Lipinski definition) is 6. The summed E-state index contributed by atoms with van der Waals surface area (Å²) in [5.74, 6) is 2.07. The smallest absolute Gasteiger partial charge is 0.266 e. The summed E-state index contributed by atoms with van der Waals surface area (Å²) >= 11 is 1.45. The third-order valence-corrected chi connectivity index (χ3v) is 6.47. The van der Waals surface area contributed by atoms with E-state index in [0.717, 1.165) is 27.4 Å². The predicted molar refractivity (Wildman–Crippen MR) is 127 cm³/mol. The number of ether oxygens (including phenoxy) is 3. The summed E-state index contributed by atoms with van der Waals surface area (Å²) in [7, 11) is 4.88. The molecular weight excluding hydrogens is 424 g/mol. The van der Waals surface area contributed by atoms with Crippen molar-refractivity contribution in [3.63, 3.8) is 0 Å². The van der Waals surface area contributed by atoms with Gasteiger partial charge >= 0.3 is 0 Å². The molecule has 0 fully saturated rings.